The van der Waals surface area contributed by atoms with Crippen LogP contribution in [-0.4, -0.2) is 10.1 Å². The van der Waals surface area contributed by atoms with E-state index in [1.807, 2.05) is 0 Å². The van der Waals surface area contributed by atoms with Gasteiger partial charge in [-0.25, -0.2) is 0 Å². The summed E-state index contributed by atoms with van der Waals surface area (Å²) in [6.07, 6.45) is -4.61. The van der Waals surface area contributed by atoms with Crippen LogP contribution in [0.4, 0.5) is 13.2 Å². The minimum Gasteiger partial charge on any atom is -0.508 e. The molecule has 0 saturated carbocycles. The molecule has 16 heavy (non-hydrogen) atoms. The summed E-state index contributed by atoms with van der Waals surface area (Å²) in [7, 11) is 0. The molecule has 0 aliphatic carbocycles. The third-order valence-corrected chi connectivity index (χ3v) is 2.13. The topological polar surface area (TPSA) is 53.1 Å². The van der Waals surface area contributed by atoms with Crippen molar-refractivity contribution in [2.45, 2.75) is 6.18 Å². The number of pyridine rings is 1. The van der Waals surface area contributed by atoms with E-state index in [0.717, 1.165) is 12.1 Å². The Morgan fingerprint density at radius 3 is 2.50 bits per heavy atom. The number of phenolic OH excluding ortho intramolecular Hbond substituents is 1. The molecule has 2 N–H and O–H groups in total. The van der Waals surface area contributed by atoms with Gasteiger partial charge in [0.15, 0.2) is 0 Å². The zero-order chi connectivity index (χ0) is 11.9. The lowest BCUT2D eigenvalue weighted by Crippen LogP contribution is -2.16. The average molecular weight is 229 g/mol. The molecule has 0 aliphatic rings. The van der Waals surface area contributed by atoms with Crippen LogP contribution in [0.2, 0.25) is 0 Å². The quantitative estimate of drug-likeness (QED) is 0.727. The predicted octanol–water partition coefficient (Wildman–Crippen LogP) is 2.25. The molecule has 0 unspecified atom stereocenters. The number of alkyl halides is 3. The van der Waals surface area contributed by atoms with E-state index in [1.165, 1.54) is 12.1 Å². The second-order valence-corrected chi connectivity index (χ2v) is 3.28. The Hall–Kier alpha value is -1.98. The molecule has 1 aromatic carbocycles. The summed E-state index contributed by atoms with van der Waals surface area (Å²) in [5.41, 5.74) is -1.96. The molecule has 0 bridgehead atoms. The number of aromatic amines is 1. The minimum atomic E-state index is -4.61. The number of phenols is 1. The average Bonchev–Trinajstić information content (AvgIpc) is 2.15. The molecule has 0 aliphatic heterocycles. The van der Waals surface area contributed by atoms with E-state index in [-0.39, 0.29) is 16.5 Å². The van der Waals surface area contributed by atoms with Crippen LogP contribution in [0.15, 0.2) is 29.1 Å². The highest BCUT2D eigenvalue weighted by molar-refractivity contribution is 5.83. The van der Waals surface area contributed by atoms with Gasteiger partial charge < -0.3 is 10.1 Å². The monoisotopic (exact) mass is 229 g/mol. The zero-order valence-electron chi connectivity index (χ0n) is 7.80. The summed E-state index contributed by atoms with van der Waals surface area (Å²) in [5.74, 6) is -0.189. The van der Waals surface area contributed by atoms with Gasteiger partial charge in [0.2, 0.25) is 0 Å². The summed E-state index contributed by atoms with van der Waals surface area (Å²) >= 11 is 0. The number of aromatic hydroxyl groups is 1. The van der Waals surface area contributed by atoms with Gasteiger partial charge in [0.1, 0.15) is 11.4 Å². The van der Waals surface area contributed by atoms with Gasteiger partial charge in [-0.3, -0.25) is 4.79 Å². The van der Waals surface area contributed by atoms with Crippen molar-refractivity contribution in [2.24, 2.45) is 0 Å². The minimum absolute atomic E-state index is 0.0519. The van der Waals surface area contributed by atoms with Gasteiger partial charge in [-0.05, 0) is 29.7 Å². The SMILES string of the molecule is O=c1[nH]c(C(F)(F)F)cc2cc(O)ccc12. The fourth-order valence-electron chi connectivity index (χ4n) is 1.41. The molecule has 0 spiro atoms. The van der Waals surface area contributed by atoms with Crippen LogP contribution >= 0.6 is 0 Å². The number of fused-ring (bicyclic) bond motifs is 1. The first-order valence-electron chi connectivity index (χ1n) is 4.31. The number of rotatable bonds is 0. The Labute approximate surface area is 87.2 Å². The Balaban J connectivity index is 2.80. The van der Waals surface area contributed by atoms with Crippen LogP contribution in [-0.2, 0) is 6.18 Å². The number of aromatic nitrogens is 1. The lowest BCUT2D eigenvalue weighted by atomic mass is 10.1. The third-order valence-electron chi connectivity index (χ3n) is 2.13. The molecule has 84 valence electrons. The maximum atomic E-state index is 12.4. The van der Waals surface area contributed by atoms with Gasteiger partial charge in [-0.2, -0.15) is 13.2 Å². The van der Waals surface area contributed by atoms with E-state index in [1.54, 1.807) is 4.98 Å². The van der Waals surface area contributed by atoms with Crippen LogP contribution in [0.5, 0.6) is 5.75 Å². The van der Waals surface area contributed by atoms with Crippen molar-refractivity contribution in [3.63, 3.8) is 0 Å². The first-order chi connectivity index (χ1) is 7.38. The van der Waals surface area contributed by atoms with E-state index >= 15 is 0 Å². The first-order valence-corrected chi connectivity index (χ1v) is 4.31. The van der Waals surface area contributed by atoms with E-state index in [0.29, 0.717) is 0 Å². The number of nitrogens with one attached hydrogen (secondary N) is 1. The van der Waals surface area contributed by atoms with Gasteiger partial charge in [0.05, 0.1) is 0 Å². The van der Waals surface area contributed by atoms with Crippen molar-refractivity contribution in [3.8, 4) is 5.75 Å². The molecule has 6 heteroatoms. The van der Waals surface area contributed by atoms with Crippen molar-refractivity contribution < 1.29 is 18.3 Å². The molecule has 0 atom stereocenters. The highest BCUT2D eigenvalue weighted by atomic mass is 19.4. The van der Waals surface area contributed by atoms with Crippen LogP contribution in [0.1, 0.15) is 5.69 Å². The fraction of sp³-hybridized carbons (Fsp3) is 0.100. The fourth-order valence-corrected chi connectivity index (χ4v) is 1.41. The van der Waals surface area contributed by atoms with Gasteiger partial charge in [0, 0.05) is 5.39 Å². The largest absolute Gasteiger partial charge is 0.508 e. The van der Waals surface area contributed by atoms with Crippen molar-refractivity contribution in [1.29, 1.82) is 0 Å². The van der Waals surface area contributed by atoms with E-state index in [2.05, 4.69) is 0 Å². The molecule has 0 amide bonds. The summed E-state index contributed by atoms with van der Waals surface area (Å²) in [5, 5.41) is 9.28. The van der Waals surface area contributed by atoms with Crippen LogP contribution in [0.3, 0.4) is 0 Å². The van der Waals surface area contributed by atoms with Crippen LogP contribution in [0, 0.1) is 0 Å². The maximum Gasteiger partial charge on any atom is 0.431 e. The van der Waals surface area contributed by atoms with E-state index in [4.69, 9.17) is 5.11 Å². The molecule has 2 rings (SSSR count). The number of hydrogen-bond acceptors (Lipinski definition) is 2. The summed E-state index contributed by atoms with van der Waals surface area (Å²) in [6.45, 7) is 0. The van der Waals surface area contributed by atoms with E-state index < -0.39 is 17.4 Å². The number of H-pyrrole nitrogens is 1. The highest BCUT2D eigenvalue weighted by Gasteiger charge is 2.32. The Morgan fingerprint density at radius 1 is 1.19 bits per heavy atom. The third kappa shape index (κ3) is 1.73. The summed E-state index contributed by atoms with van der Waals surface area (Å²) < 4.78 is 37.1. The molecule has 1 aromatic heterocycles. The van der Waals surface area contributed by atoms with Crippen LogP contribution in [0.25, 0.3) is 10.8 Å². The molecule has 1 heterocycles. The van der Waals surface area contributed by atoms with E-state index in [9.17, 15) is 18.0 Å². The molecular weight excluding hydrogens is 223 g/mol. The van der Waals surface area contributed by atoms with Gasteiger partial charge in [-0.15, -0.1) is 0 Å². The Bertz CT molecular complexity index is 601. The number of halogens is 3. The molecule has 3 nitrogen and oxygen atoms in total. The van der Waals surface area contributed by atoms with Crippen molar-refractivity contribution in [1.82, 2.24) is 4.98 Å². The predicted molar refractivity (Wildman–Crippen MR) is 51.2 cm³/mol. The Morgan fingerprint density at radius 2 is 1.88 bits per heavy atom. The lowest BCUT2D eigenvalue weighted by molar-refractivity contribution is -0.141. The van der Waals surface area contributed by atoms with Gasteiger partial charge in [-0.1, -0.05) is 0 Å². The summed E-state index contributed by atoms with van der Waals surface area (Å²) in [4.78, 5) is 13.1. The Kier molecular flexibility index (Phi) is 2.15. The smallest absolute Gasteiger partial charge is 0.431 e. The molecule has 0 fully saturated rings. The first kappa shape index (κ1) is 10.5. The van der Waals surface area contributed by atoms with Gasteiger partial charge in [0.25, 0.3) is 5.56 Å². The summed E-state index contributed by atoms with van der Waals surface area (Å²) in [6, 6.07) is 4.41. The van der Waals surface area contributed by atoms with Crippen LogP contribution < -0.4 is 5.56 Å². The molecule has 0 radical (unpaired) electrons. The molecule has 0 saturated heterocycles. The van der Waals surface area contributed by atoms with Crippen molar-refractivity contribution in [2.75, 3.05) is 0 Å². The second kappa shape index (κ2) is 3.26. The second-order valence-electron chi connectivity index (χ2n) is 3.28. The normalized spacial score (nSPS) is 11.9. The zero-order valence-corrected chi connectivity index (χ0v) is 7.80. The maximum absolute atomic E-state index is 12.4. The number of benzene rings is 1. The highest BCUT2D eigenvalue weighted by Crippen LogP contribution is 2.29. The standard InChI is InChI=1S/C10H6F3NO2/c11-10(12,13)8-4-5-3-6(15)1-2-7(5)9(16)14-8/h1-4,15H,(H,14,16). The lowest BCUT2D eigenvalue weighted by Gasteiger charge is -2.07. The number of hydrogen-bond donors (Lipinski definition) is 2. The van der Waals surface area contributed by atoms with Crippen molar-refractivity contribution >= 4 is 10.8 Å². The van der Waals surface area contributed by atoms with Gasteiger partial charge >= 0.3 is 6.18 Å². The molecule has 2 aromatic rings. The van der Waals surface area contributed by atoms with Crippen molar-refractivity contribution in [3.05, 3.63) is 40.3 Å². The molecular formula is C10H6F3NO2.